The van der Waals surface area contributed by atoms with Crippen molar-refractivity contribution >= 4 is 5.97 Å². The average molecular weight is 292 g/mol. The van der Waals surface area contributed by atoms with Crippen LogP contribution in [0.5, 0.6) is 0 Å². The molecule has 0 radical (unpaired) electrons. The molecule has 0 bridgehead atoms. The van der Waals surface area contributed by atoms with Gasteiger partial charge in [0.05, 0.1) is 19.5 Å². The van der Waals surface area contributed by atoms with Crippen molar-refractivity contribution in [3.8, 4) is 0 Å². The van der Waals surface area contributed by atoms with Gasteiger partial charge in [-0.15, -0.1) is 0 Å². The Balaban J connectivity index is 1.90. The van der Waals surface area contributed by atoms with Gasteiger partial charge in [-0.3, -0.25) is 0 Å². The predicted octanol–water partition coefficient (Wildman–Crippen LogP) is 2.08. The maximum Gasteiger partial charge on any atom is 0.358 e. The molecule has 3 rings (SSSR count). The molecule has 1 saturated heterocycles. The summed E-state index contributed by atoms with van der Waals surface area (Å²) in [4.78, 5) is 15.6. The zero-order chi connectivity index (χ0) is 15.2. The van der Waals surface area contributed by atoms with E-state index < -0.39 is 11.8 Å². The maximum atomic E-state index is 11.5. The van der Waals surface area contributed by atoms with Gasteiger partial charge in [-0.25, -0.2) is 9.78 Å². The molecule has 3 atom stereocenters. The highest BCUT2D eigenvalue weighted by Crippen LogP contribution is 2.44. The summed E-state index contributed by atoms with van der Waals surface area (Å²) in [7, 11) is 1.35. The van der Waals surface area contributed by atoms with Crippen LogP contribution in [0.2, 0.25) is 0 Å². The van der Waals surface area contributed by atoms with Crippen LogP contribution in [0.4, 0.5) is 0 Å². The van der Waals surface area contributed by atoms with E-state index in [0.29, 0.717) is 5.69 Å². The zero-order valence-electron chi connectivity index (χ0n) is 12.7. The molecule has 0 saturated carbocycles. The van der Waals surface area contributed by atoms with Crippen LogP contribution in [-0.2, 0) is 14.2 Å². The summed E-state index contributed by atoms with van der Waals surface area (Å²) >= 11 is 0. The van der Waals surface area contributed by atoms with Crippen LogP contribution in [0.1, 0.15) is 43.7 Å². The number of hydrogen-bond acceptors (Lipinski definition) is 5. The van der Waals surface area contributed by atoms with Gasteiger partial charge < -0.3 is 18.8 Å². The molecule has 6 nitrogen and oxygen atoms in total. The largest absolute Gasteiger partial charge is 0.464 e. The normalized spacial score (nSPS) is 30.1. The van der Waals surface area contributed by atoms with Crippen molar-refractivity contribution in [1.29, 1.82) is 0 Å². The van der Waals surface area contributed by atoms with Gasteiger partial charge in [-0.05, 0) is 25.8 Å². The summed E-state index contributed by atoms with van der Waals surface area (Å²) in [6, 6.07) is -0.0161. The van der Waals surface area contributed by atoms with Gasteiger partial charge in [0.2, 0.25) is 0 Å². The van der Waals surface area contributed by atoms with Crippen molar-refractivity contribution in [3.63, 3.8) is 0 Å². The van der Waals surface area contributed by atoms with Crippen LogP contribution in [0.3, 0.4) is 0 Å². The highest BCUT2D eigenvalue weighted by atomic mass is 16.8. The van der Waals surface area contributed by atoms with Crippen LogP contribution in [0.25, 0.3) is 0 Å². The van der Waals surface area contributed by atoms with E-state index in [0.717, 1.165) is 6.42 Å². The van der Waals surface area contributed by atoms with Gasteiger partial charge in [0.25, 0.3) is 0 Å². The number of esters is 1. The van der Waals surface area contributed by atoms with Crippen LogP contribution in [-0.4, -0.2) is 40.6 Å². The van der Waals surface area contributed by atoms with Gasteiger partial charge >= 0.3 is 5.97 Å². The number of imidazole rings is 1. The van der Waals surface area contributed by atoms with E-state index in [1.807, 2.05) is 18.4 Å². The van der Waals surface area contributed by atoms with Gasteiger partial charge in [-0.2, -0.15) is 0 Å². The van der Waals surface area contributed by atoms with Gasteiger partial charge in [0, 0.05) is 6.20 Å². The minimum atomic E-state index is -0.589. The maximum absolute atomic E-state index is 11.5. The first kappa shape index (κ1) is 14.3. The molecule has 0 unspecified atom stereocenters. The van der Waals surface area contributed by atoms with Crippen molar-refractivity contribution in [1.82, 2.24) is 9.55 Å². The molecule has 6 heteroatoms. The molecule has 1 aromatic heterocycles. The van der Waals surface area contributed by atoms with Gasteiger partial charge in [-0.1, -0.05) is 13.0 Å². The van der Waals surface area contributed by atoms with Gasteiger partial charge in [0.1, 0.15) is 12.2 Å². The Morgan fingerprint density at radius 3 is 2.90 bits per heavy atom. The fourth-order valence-corrected chi connectivity index (χ4v) is 3.02. The standard InChI is InChI=1S/C15H20N2O4/c1-5-9-6-11(13-12(9)20-15(2,3)21-13)17-7-10(16-8-17)14(18)19-4/h6-8,11-13H,5H2,1-4H3/t11-,12-,13+/m1/s1. The van der Waals surface area contributed by atoms with E-state index in [-0.39, 0.29) is 18.2 Å². The summed E-state index contributed by atoms with van der Waals surface area (Å²) < 4.78 is 18.6. The minimum absolute atomic E-state index is 0.0161. The first-order valence-electron chi connectivity index (χ1n) is 7.13. The predicted molar refractivity (Wildman–Crippen MR) is 74.8 cm³/mol. The quantitative estimate of drug-likeness (QED) is 0.630. The number of nitrogens with zero attached hydrogens (tertiary/aromatic N) is 2. The highest BCUT2D eigenvalue weighted by Gasteiger charge is 2.50. The molecule has 21 heavy (non-hydrogen) atoms. The molecule has 1 aliphatic heterocycles. The van der Waals surface area contributed by atoms with Crippen molar-refractivity contribution in [2.24, 2.45) is 0 Å². The number of fused-ring (bicyclic) bond motifs is 1. The topological polar surface area (TPSA) is 62.6 Å². The SMILES string of the molecule is CCC1=C[C@@H](n2cnc(C(=O)OC)c2)[C@@H]2OC(C)(C)O[C@H]12. The lowest BCUT2D eigenvalue weighted by atomic mass is 10.1. The lowest BCUT2D eigenvalue weighted by molar-refractivity contribution is -0.148. The molecular formula is C15H20N2O4. The number of carbonyl (C=O) groups is 1. The summed E-state index contributed by atoms with van der Waals surface area (Å²) in [6.45, 7) is 5.95. The molecule has 0 amide bonds. The van der Waals surface area contributed by atoms with E-state index in [1.54, 1.807) is 12.5 Å². The Labute approximate surface area is 123 Å². The smallest absolute Gasteiger partial charge is 0.358 e. The Kier molecular flexibility index (Phi) is 3.37. The summed E-state index contributed by atoms with van der Waals surface area (Å²) in [5.74, 6) is -1.03. The molecule has 2 aliphatic rings. The zero-order valence-corrected chi connectivity index (χ0v) is 12.7. The van der Waals surface area contributed by atoms with Crippen LogP contribution in [0, 0.1) is 0 Å². The van der Waals surface area contributed by atoms with Crippen molar-refractivity contribution in [2.45, 2.75) is 51.2 Å². The number of ether oxygens (including phenoxy) is 3. The van der Waals surface area contributed by atoms with E-state index in [4.69, 9.17) is 9.47 Å². The van der Waals surface area contributed by atoms with E-state index in [1.165, 1.54) is 12.7 Å². The fourth-order valence-electron chi connectivity index (χ4n) is 3.02. The Bertz CT molecular complexity index is 590. The Morgan fingerprint density at radius 2 is 2.24 bits per heavy atom. The Morgan fingerprint density at radius 1 is 1.48 bits per heavy atom. The van der Waals surface area contributed by atoms with Crippen molar-refractivity contribution < 1.29 is 19.0 Å². The summed E-state index contributed by atoms with van der Waals surface area (Å²) in [6.07, 6.45) is 6.27. The third-order valence-corrected chi connectivity index (χ3v) is 3.96. The molecule has 1 aliphatic carbocycles. The number of aromatic nitrogens is 2. The molecule has 1 aromatic rings. The van der Waals surface area contributed by atoms with E-state index >= 15 is 0 Å². The summed E-state index contributed by atoms with van der Waals surface area (Å²) in [5.41, 5.74) is 1.52. The number of rotatable bonds is 3. The van der Waals surface area contributed by atoms with E-state index in [2.05, 4.69) is 22.7 Å². The molecule has 2 heterocycles. The second kappa shape index (κ2) is 4.96. The molecule has 0 aromatic carbocycles. The first-order chi connectivity index (χ1) is 9.95. The second-order valence-corrected chi connectivity index (χ2v) is 5.80. The third-order valence-electron chi connectivity index (χ3n) is 3.96. The molecule has 114 valence electrons. The van der Waals surface area contributed by atoms with Crippen LogP contribution < -0.4 is 0 Å². The second-order valence-electron chi connectivity index (χ2n) is 5.80. The van der Waals surface area contributed by atoms with Crippen molar-refractivity contribution in [2.75, 3.05) is 7.11 Å². The fraction of sp³-hybridized carbons (Fsp3) is 0.600. The monoisotopic (exact) mass is 292 g/mol. The molecular weight excluding hydrogens is 272 g/mol. The third kappa shape index (κ3) is 2.38. The van der Waals surface area contributed by atoms with Crippen LogP contribution >= 0.6 is 0 Å². The number of carbonyl (C=O) groups excluding carboxylic acids is 1. The van der Waals surface area contributed by atoms with Gasteiger partial charge in [0.15, 0.2) is 11.5 Å². The van der Waals surface area contributed by atoms with Crippen molar-refractivity contribution in [3.05, 3.63) is 29.9 Å². The number of methoxy groups -OCH3 is 1. The molecule has 0 N–H and O–H groups in total. The van der Waals surface area contributed by atoms with E-state index in [9.17, 15) is 4.79 Å². The Hall–Kier alpha value is -1.66. The average Bonchev–Trinajstić information content (AvgIpc) is 3.10. The number of hydrogen-bond donors (Lipinski definition) is 0. The van der Waals surface area contributed by atoms with Crippen LogP contribution in [0.15, 0.2) is 24.2 Å². The highest BCUT2D eigenvalue weighted by molar-refractivity contribution is 5.86. The minimum Gasteiger partial charge on any atom is -0.464 e. The summed E-state index contributed by atoms with van der Waals surface area (Å²) in [5, 5.41) is 0. The lowest BCUT2D eigenvalue weighted by Crippen LogP contribution is -2.27. The lowest BCUT2D eigenvalue weighted by Gasteiger charge is -2.21. The molecule has 0 spiro atoms. The first-order valence-corrected chi connectivity index (χ1v) is 7.13. The molecule has 1 fully saturated rings.